The Morgan fingerprint density at radius 2 is 2.10 bits per heavy atom. The van der Waals surface area contributed by atoms with Gasteiger partial charge in [0.25, 0.3) is 5.88 Å². The fraction of sp³-hybridized carbons (Fsp3) is 0.476. The summed E-state index contributed by atoms with van der Waals surface area (Å²) in [6.07, 6.45) is 3.29. The molecule has 160 valence electrons. The first-order chi connectivity index (χ1) is 14.9. The second kappa shape index (κ2) is 8.25. The van der Waals surface area contributed by atoms with Crippen molar-refractivity contribution in [2.45, 2.75) is 45.9 Å². The van der Waals surface area contributed by atoms with Crippen LogP contribution in [0.25, 0.3) is 11.0 Å². The van der Waals surface area contributed by atoms with Crippen molar-refractivity contribution in [3.05, 3.63) is 24.2 Å². The second-order valence-electron chi connectivity index (χ2n) is 7.99. The number of hydrogen-bond acceptors (Lipinski definition) is 8. The van der Waals surface area contributed by atoms with Gasteiger partial charge in [-0.15, -0.1) is 5.10 Å². The fourth-order valence-electron chi connectivity index (χ4n) is 3.62. The van der Waals surface area contributed by atoms with Gasteiger partial charge in [0, 0.05) is 17.5 Å². The van der Waals surface area contributed by atoms with E-state index in [1.54, 1.807) is 25.4 Å². The molecule has 4 heterocycles. The largest absolute Gasteiger partial charge is 0.472 e. The Kier molecular flexibility index (Phi) is 5.49. The lowest BCUT2D eigenvalue weighted by Crippen LogP contribution is -2.17. The van der Waals surface area contributed by atoms with Crippen molar-refractivity contribution in [2.75, 3.05) is 18.5 Å². The van der Waals surface area contributed by atoms with Crippen molar-refractivity contribution >= 4 is 22.7 Å². The molecule has 1 saturated heterocycles. The number of hydrogen-bond donors (Lipinski definition) is 1. The zero-order valence-corrected chi connectivity index (χ0v) is 17.9. The van der Waals surface area contributed by atoms with E-state index in [0.717, 1.165) is 5.39 Å². The molecule has 31 heavy (non-hydrogen) atoms. The summed E-state index contributed by atoms with van der Waals surface area (Å²) in [6.45, 7) is 8.85. The first-order valence-electron chi connectivity index (χ1n) is 10.2. The highest BCUT2D eigenvalue weighted by molar-refractivity contribution is 5.79. The molecule has 0 saturated carbocycles. The van der Waals surface area contributed by atoms with Crippen LogP contribution in [0.15, 0.2) is 18.5 Å². The predicted molar refractivity (Wildman–Crippen MR) is 113 cm³/mol. The number of fused-ring (bicyclic) bond motifs is 1. The van der Waals surface area contributed by atoms with E-state index in [1.165, 1.54) is 4.68 Å². The average Bonchev–Trinajstić information content (AvgIpc) is 3.43. The van der Waals surface area contributed by atoms with Crippen LogP contribution >= 0.6 is 0 Å². The summed E-state index contributed by atoms with van der Waals surface area (Å²) in [7, 11) is 0. The number of ether oxygens (including phenoxy) is 2. The molecule has 0 bridgehead atoms. The molecule has 0 spiro atoms. The van der Waals surface area contributed by atoms with Crippen LogP contribution in [0.4, 0.5) is 11.6 Å². The SMILES string of the molecule is CC(C)Oc1nn([C@H](C)C#N)cc1Nc1ncc2cc(C#N)n([C@@H]3COC[C@@H]3C)c2n1. The molecule has 0 radical (unpaired) electrons. The number of rotatable bonds is 6. The summed E-state index contributed by atoms with van der Waals surface area (Å²) in [6, 6.07) is 5.80. The van der Waals surface area contributed by atoms with Gasteiger partial charge in [0.1, 0.15) is 29.1 Å². The van der Waals surface area contributed by atoms with Crippen LogP contribution in [0.5, 0.6) is 5.88 Å². The average molecular weight is 420 g/mol. The van der Waals surface area contributed by atoms with Gasteiger partial charge >= 0.3 is 0 Å². The molecular formula is C21H24N8O2. The zero-order chi connectivity index (χ0) is 22.1. The number of nitrogens with zero attached hydrogens (tertiary/aromatic N) is 7. The molecule has 3 aromatic heterocycles. The monoisotopic (exact) mass is 420 g/mol. The summed E-state index contributed by atoms with van der Waals surface area (Å²) in [5.41, 5.74) is 1.76. The van der Waals surface area contributed by atoms with Gasteiger partial charge < -0.3 is 19.4 Å². The Labute approximate surface area is 180 Å². The van der Waals surface area contributed by atoms with Crippen molar-refractivity contribution < 1.29 is 9.47 Å². The van der Waals surface area contributed by atoms with Gasteiger partial charge in [-0.1, -0.05) is 6.92 Å². The molecule has 1 aliphatic heterocycles. The highest BCUT2D eigenvalue weighted by atomic mass is 16.5. The van der Waals surface area contributed by atoms with Crippen LogP contribution in [-0.2, 0) is 4.74 Å². The third-order valence-electron chi connectivity index (χ3n) is 5.22. The van der Waals surface area contributed by atoms with Crippen molar-refractivity contribution in [1.82, 2.24) is 24.3 Å². The maximum atomic E-state index is 9.64. The Bertz CT molecular complexity index is 1180. The molecule has 0 unspecified atom stereocenters. The summed E-state index contributed by atoms with van der Waals surface area (Å²) in [4.78, 5) is 9.09. The van der Waals surface area contributed by atoms with Gasteiger partial charge in [0.2, 0.25) is 5.95 Å². The number of nitriles is 2. The lowest BCUT2D eigenvalue weighted by molar-refractivity contribution is 0.182. The van der Waals surface area contributed by atoms with Gasteiger partial charge in [-0.05, 0) is 26.8 Å². The smallest absolute Gasteiger partial charge is 0.257 e. The van der Waals surface area contributed by atoms with Crippen LogP contribution in [-0.4, -0.2) is 43.6 Å². The highest BCUT2D eigenvalue weighted by Crippen LogP contribution is 2.32. The van der Waals surface area contributed by atoms with Crippen LogP contribution in [0.2, 0.25) is 0 Å². The van der Waals surface area contributed by atoms with Gasteiger partial charge in [-0.3, -0.25) is 0 Å². The molecule has 0 aliphatic carbocycles. The Morgan fingerprint density at radius 1 is 1.29 bits per heavy atom. The molecule has 3 aromatic rings. The van der Waals surface area contributed by atoms with E-state index in [0.29, 0.717) is 42.1 Å². The maximum Gasteiger partial charge on any atom is 0.257 e. The van der Waals surface area contributed by atoms with E-state index in [1.807, 2.05) is 18.4 Å². The molecule has 1 fully saturated rings. The highest BCUT2D eigenvalue weighted by Gasteiger charge is 2.29. The topological polar surface area (TPSA) is 127 Å². The van der Waals surface area contributed by atoms with Crippen LogP contribution in [0.1, 0.15) is 45.5 Å². The van der Waals surface area contributed by atoms with Crippen molar-refractivity contribution in [2.24, 2.45) is 5.92 Å². The predicted octanol–water partition coefficient (Wildman–Crippen LogP) is 3.32. The molecule has 1 aliphatic rings. The molecule has 1 N–H and O–H groups in total. The first kappa shape index (κ1) is 20.6. The molecule has 0 aromatic carbocycles. The van der Waals surface area contributed by atoms with Gasteiger partial charge in [0.15, 0.2) is 0 Å². The van der Waals surface area contributed by atoms with E-state index in [-0.39, 0.29) is 18.1 Å². The van der Waals surface area contributed by atoms with E-state index in [2.05, 4.69) is 39.4 Å². The minimum Gasteiger partial charge on any atom is -0.472 e. The van der Waals surface area contributed by atoms with Crippen molar-refractivity contribution in [3.8, 4) is 18.0 Å². The van der Waals surface area contributed by atoms with Gasteiger partial charge in [-0.25, -0.2) is 9.67 Å². The number of nitrogens with one attached hydrogen (secondary N) is 1. The molecular weight excluding hydrogens is 396 g/mol. The van der Waals surface area contributed by atoms with Crippen molar-refractivity contribution in [3.63, 3.8) is 0 Å². The minimum atomic E-state index is -0.451. The Balaban J connectivity index is 1.74. The van der Waals surface area contributed by atoms with E-state index >= 15 is 0 Å². The first-order valence-corrected chi connectivity index (χ1v) is 10.2. The number of aromatic nitrogens is 5. The number of anilines is 2. The van der Waals surface area contributed by atoms with E-state index in [4.69, 9.17) is 9.47 Å². The molecule has 3 atom stereocenters. The van der Waals surface area contributed by atoms with Gasteiger partial charge in [-0.2, -0.15) is 15.5 Å². The molecule has 0 amide bonds. The third kappa shape index (κ3) is 3.90. The summed E-state index contributed by atoms with van der Waals surface area (Å²) < 4.78 is 14.9. The maximum absolute atomic E-state index is 9.64. The Morgan fingerprint density at radius 3 is 2.74 bits per heavy atom. The summed E-state index contributed by atoms with van der Waals surface area (Å²) in [5, 5.41) is 27.2. The minimum absolute atomic E-state index is 0.0361. The quantitative estimate of drug-likeness (QED) is 0.643. The molecule has 10 heteroatoms. The molecule has 4 rings (SSSR count). The van der Waals surface area contributed by atoms with Crippen LogP contribution in [0.3, 0.4) is 0 Å². The third-order valence-corrected chi connectivity index (χ3v) is 5.22. The summed E-state index contributed by atoms with van der Waals surface area (Å²) >= 11 is 0. The summed E-state index contributed by atoms with van der Waals surface area (Å²) in [5.74, 6) is 0.984. The lowest BCUT2D eigenvalue weighted by Gasteiger charge is -2.17. The van der Waals surface area contributed by atoms with E-state index < -0.39 is 6.04 Å². The normalized spacial score (nSPS) is 19.3. The van der Waals surface area contributed by atoms with Crippen LogP contribution < -0.4 is 10.1 Å². The lowest BCUT2D eigenvalue weighted by atomic mass is 10.1. The zero-order valence-electron chi connectivity index (χ0n) is 17.9. The standard InChI is InChI=1S/C21H24N8O2/c1-12(2)31-20-17(9-28(27-20)14(4)6-22)25-21-24-8-15-5-16(7-23)29(19(15)26-21)18-11-30-10-13(18)3/h5,8-9,12-14,18H,10-11H2,1-4H3,(H,24,25,26)/t13-,14+,18+/m0/s1. The molecule has 10 nitrogen and oxygen atoms in total. The Hall–Kier alpha value is -3.63. The van der Waals surface area contributed by atoms with Crippen LogP contribution in [0, 0.1) is 28.6 Å². The van der Waals surface area contributed by atoms with E-state index in [9.17, 15) is 10.5 Å². The van der Waals surface area contributed by atoms with Gasteiger partial charge in [0.05, 0.1) is 37.6 Å². The van der Waals surface area contributed by atoms with Crippen molar-refractivity contribution in [1.29, 1.82) is 10.5 Å². The fourth-order valence-corrected chi connectivity index (χ4v) is 3.62. The second-order valence-corrected chi connectivity index (χ2v) is 7.99.